The molecule has 3 rings (SSSR count). The Hall–Kier alpha value is -2.04. The summed E-state index contributed by atoms with van der Waals surface area (Å²) in [4.78, 5) is 23.0. The van der Waals surface area contributed by atoms with Crippen molar-refractivity contribution in [2.75, 3.05) is 0 Å². The Kier molecular flexibility index (Phi) is 2.69. The normalized spacial score (nSPS) is 30.7. The van der Waals surface area contributed by atoms with Crippen LogP contribution in [0.1, 0.15) is 18.4 Å². The molecule has 0 bridgehead atoms. The van der Waals surface area contributed by atoms with Gasteiger partial charge in [-0.2, -0.15) is 0 Å². The molecule has 0 heterocycles. The van der Waals surface area contributed by atoms with E-state index in [0.29, 0.717) is 0 Å². The van der Waals surface area contributed by atoms with Crippen LogP contribution in [0.3, 0.4) is 0 Å². The van der Waals surface area contributed by atoms with Crippen molar-refractivity contribution in [3.8, 4) is 0 Å². The third-order valence-corrected chi connectivity index (χ3v) is 4.21. The first-order valence-corrected chi connectivity index (χ1v) is 6.37. The summed E-state index contributed by atoms with van der Waals surface area (Å²) in [6, 6.07) is 9.29. The van der Waals surface area contributed by atoms with Crippen molar-refractivity contribution in [3.05, 3.63) is 35.9 Å². The quantitative estimate of drug-likeness (QED) is 0.866. The van der Waals surface area contributed by atoms with Crippen LogP contribution in [0.2, 0.25) is 0 Å². The Morgan fingerprint density at radius 2 is 1.89 bits per heavy atom. The molecule has 5 nitrogen and oxygen atoms in total. The molecule has 0 saturated heterocycles. The summed E-state index contributed by atoms with van der Waals surface area (Å²) in [7, 11) is 0. The number of nitrogens with one attached hydrogen (secondary N) is 1. The van der Waals surface area contributed by atoms with Crippen molar-refractivity contribution in [1.82, 2.24) is 5.32 Å². The topological polar surface area (TPSA) is 75.6 Å². The molecule has 0 spiro atoms. The lowest BCUT2D eigenvalue weighted by Gasteiger charge is -2.13. The summed E-state index contributed by atoms with van der Waals surface area (Å²) in [6.07, 6.45) is 1.09. The number of benzene rings is 1. The molecule has 2 aliphatic carbocycles. The lowest BCUT2D eigenvalue weighted by Crippen LogP contribution is -2.45. The summed E-state index contributed by atoms with van der Waals surface area (Å²) in [5, 5.41) is 11.8. The number of aliphatic carboxylic acids is 1. The molecule has 5 heteroatoms. The fraction of sp³-hybridized carbons (Fsp3) is 0.429. The molecule has 0 aromatic heterocycles. The van der Waals surface area contributed by atoms with E-state index in [1.54, 1.807) is 0 Å². The van der Waals surface area contributed by atoms with Crippen LogP contribution >= 0.6 is 0 Å². The fourth-order valence-electron chi connectivity index (χ4n) is 2.98. The molecule has 1 amide bonds. The third kappa shape index (κ3) is 1.85. The molecule has 2 N–H and O–H groups in total. The summed E-state index contributed by atoms with van der Waals surface area (Å²) < 4.78 is 5.07. The number of carbonyl (C=O) groups is 2. The number of hydrogen-bond acceptors (Lipinski definition) is 3. The van der Waals surface area contributed by atoms with Crippen LogP contribution in [0.4, 0.5) is 4.79 Å². The first kappa shape index (κ1) is 12.0. The maximum absolute atomic E-state index is 11.7. The molecular formula is C14H15NO4. The average Bonchev–Trinajstić information content (AvgIpc) is 2.83. The minimum atomic E-state index is -1.06. The van der Waals surface area contributed by atoms with Gasteiger partial charge in [0.15, 0.2) is 0 Å². The van der Waals surface area contributed by atoms with Gasteiger partial charge >= 0.3 is 12.1 Å². The largest absolute Gasteiger partial charge is 0.479 e. The highest BCUT2D eigenvalue weighted by atomic mass is 16.5. The number of ether oxygens (including phenoxy) is 1. The van der Waals surface area contributed by atoms with Gasteiger partial charge in [0.1, 0.15) is 12.1 Å². The van der Waals surface area contributed by atoms with Gasteiger partial charge < -0.3 is 15.2 Å². The molecule has 1 unspecified atom stereocenters. The van der Waals surface area contributed by atoms with Crippen molar-refractivity contribution in [2.45, 2.75) is 25.0 Å². The van der Waals surface area contributed by atoms with Crippen LogP contribution in [0.15, 0.2) is 30.3 Å². The highest BCUT2D eigenvalue weighted by Crippen LogP contribution is 2.64. The van der Waals surface area contributed by atoms with Crippen LogP contribution < -0.4 is 5.32 Å². The number of hydrogen-bond donors (Lipinski definition) is 2. The van der Waals surface area contributed by atoms with Gasteiger partial charge in [-0.05, 0) is 30.2 Å². The third-order valence-electron chi connectivity index (χ3n) is 4.21. The van der Waals surface area contributed by atoms with Crippen molar-refractivity contribution < 1.29 is 19.4 Å². The number of carbonyl (C=O) groups excluding carboxylic acids is 1. The van der Waals surface area contributed by atoms with Crippen LogP contribution in [-0.2, 0) is 16.1 Å². The van der Waals surface area contributed by atoms with Gasteiger partial charge in [-0.3, -0.25) is 0 Å². The Morgan fingerprint density at radius 3 is 2.42 bits per heavy atom. The van der Waals surface area contributed by atoms with Crippen LogP contribution in [0.25, 0.3) is 0 Å². The zero-order chi connectivity index (χ0) is 13.5. The summed E-state index contributed by atoms with van der Waals surface area (Å²) >= 11 is 0. The van der Waals surface area contributed by atoms with Gasteiger partial charge in [-0.1, -0.05) is 30.3 Å². The Labute approximate surface area is 110 Å². The van der Waals surface area contributed by atoms with Gasteiger partial charge in [0.2, 0.25) is 0 Å². The molecule has 1 aromatic rings. The van der Waals surface area contributed by atoms with Gasteiger partial charge in [-0.15, -0.1) is 0 Å². The number of carboxylic acid groups (broad SMARTS) is 1. The zero-order valence-corrected chi connectivity index (χ0v) is 10.3. The van der Waals surface area contributed by atoms with E-state index in [0.717, 1.165) is 18.4 Å². The van der Waals surface area contributed by atoms with E-state index in [9.17, 15) is 14.7 Å². The monoisotopic (exact) mass is 261 g/mol. The molecule has 3 atom stereocenters. The lowest BCUT2D eigenvalue weighted by molar-refractivity contribution is -0.141. The van der Waals surface area contributed by atoms with Crippen molar-refractivity contribution in [2.24, 2.45) is 11.8 Å². The molecule has 2 aliphatic rings. The van der Waals surface area contributed by atoms with E-state index >= 15 is 0 Å². The van der Waals surface area contributed by atoms with Gasteiger partial charge in [0.05, 0.1) is 0 Å². The predicted octanol–water partition coefficient (Wildman–Crippen LogP) is 1.78. The van der Waals surface area contributed by atoms with Gasteiger partial charge in [0.25, 0.3) is 0 Å². The molecule has 100 valence electrons. The van der Waals surface area contributed by atoms with Crippen molar-refractivity contribution in [1.29, 1.82) is 0 Å². The second kappa shape index (κ2) is 4.26. The lowest BCUT2D eigenvalue weighted by atomic mass is 10.0. The zero-order valence-electron chi connectivity index (χ0n) is 10.3. The maximum Gasteiger partial charge on any atom is 0.408 e. The molecular weight excluding hydrogens is 246 g/mol. The predicted molar refractivity (Wildman–Crippen MR) is 66.3 cm³/mol. The molecule has 19 heavy (non-hydrogen) atoms. The van der Waals surface area contributed by atoms with E-state index in [1.807, 2.05) is 30.3 Å². The summed E-state index contributed by atoms with van der Waals surface area (Å²) in [6.45, 7) is 0.151. The van der Waals surface area contributed by atoms with E-state index in [2.05, 4.69) is 5.32 Å². The SMILES string of the molecule is O=C(NC1(C(=O)O)[C@@H]2CC[C@@H]21)OCc1ccccc1. The Bertz CT molecular complexity index is 503. The van der Waals surface area contributed by atoms with Crippen LogP contribution in [-0.4, -0.2) is 22.7 Å². The molecule has 0 aliphatic heterocycles. The second-order valence-corrected chi connectivity index (χ2v) is 5.15. The first-order chi connectivity index (χ1) is 9.14. The maximum atomic E-state index is 11.7. The molecule has 2 fully saturated rings. The van der Waals surface area contributed by atoms with Crippen molar-refractivity contribution >= 4 is 12.1 Å². The van der Waals surface area contributed by atoms with E-state index in [4.69, 9.17) is 4.74 Å². The molecule has 2 saturated carbocycles. The Balaban J connectivity index is 1.56. The Morgan fingerprint density at radius 1 is 1.26 bits per heavy atom. The molecule has 1 aromatic carbocycles. The number of fused-ring (bicyclic) bond motifs is 1. The second-order valence-electron chi connectivity index (χ2n) is 5.15. The van der Waals surface area contributed by atoms with Gasteiger partial charge in [0, 0.05) is 0 Å². The van der Waals surface area contributed by atoms with Crippen LogP contribution in [0.5, 0.6) is 0 Å². The van der Waals surface area contributed by atoms with Crippen molar-refractivity contribution in [3.63, 3.8) is 0 Å². The highest BCUT2D eigenvalue weighted by Gasteiger charge is 2.75. The number of alkyl carbamates (subject to hydrolysis) is 1. The number of rotatable bonds is 4. The van der Waals surface area contributed by atoms with Crippen LogP contribution in [0, 0.1) is 11.8 Å². The first-order valence-electron chi connectivity index (χ1n) is 6.37. The van der Waals surface area contributed by atoms with E-state index in [-0.39, 0.29) is 18.4 Å². The summed E-state index contributed by atoms with van der Waals surface area (Å²) in [5.74, 6) is -0.764. The average molecular weight is 261 g/mol. The summed E-state index contributed by atoms with van der Waals surface area (Å²) in [5.41, 5.74) is -0.186. The van der Waals surface area contributed by atoms with E-state index < -0.39 is 17.6 Å². The minimum Gasteiger partial charge on any atom is -0.479 e. The van der Waals surface area contributed by atoms with Gasteiger partial charge in [-0.25, -0.2) is 9.59 Å². The smallest absolute Gasteiger partial charge is 0.408 e. The molecule has 0 radical (unpaired) electrons. The fourth-order valence-corrected chi connectivity index (χ4v) is 2.98. The highest BCUT2D eigenvalue weighted by molar-refractivity contribution is 5.89. The number of carboxylic acids is 1. The minimum absolute atomic E-state index is 0.0919. The number of amides is 1. The standard InChI is InChI=1S/C14H15NO4/c16-12(17)14(10-6-7-11(10)14)15-13(18)19-8-9-4-2-1-3-5-9/h1-5,10-11H,6-8H2,(H,15,18)(H,16,17)/t10-,11+,14?. The van der Waals surface area contributed by atoms with E-state index in [1.165, 1.54) is 0 Å².